The predicted molar refractivity (Wildman–Crippen MR) is 79.4 cm³/mol. The smallest absolute Gasteiger partial charge is 0.180 e. The number of hydrogen-bond acceptors (Lipinski definition) is 4. The van der Waals surface area contributed by atoms with Crippen LogP contribution in [0.15, 0.2) is 12.3 Å². The van der Waals surface area contributed by atoms with Crippen LogP contribution in [-0.4, -0.2) is 20.5 Å². The average Bonchev–Trinajstić information content (AvgIpc) is 3.09. The fourth-order valence-corrected chi connectivity index (χ4v) is 3.74. The van der Waals surface area contributed by atoms with Gasteiger partial charge >= 0.3 is 0 Å². The quantitative estimate of drug-likeness (QED) is 0.809. The van der Waals surface area contributed by atoms with Crippen molar-refractivity contribution < 1.29 is 4.79 Å². The molecule has 106 valence electrons. The summed E-state index contributed by atoms with van der Waals surface area (Å²) in [6.07, 6.45) is 7.40. The molecule has 0 atom stereocenters. The molecule has 0 unspecified atom stereocenters. The normalized spacial score (nSPS) is 15.9. The molecule has 1 aliphatic rings. The number of carbonyl (C=O) groups is 1. The van der Waals surface area contributed by atoms with Gasteiger partial charge in [0.05, 0.1) is 33.7 Å². The Morgan fingerprint density at radius 2 is 2.15 bits per heavy atom. The van der Waals surface area contributed by atoms with E-state index in [1.54, 1.807) is 0 Å². The number of rotatable bonds is 4. The zero-order valence-electron chi connectivity index (χ0n) is 11.9. The summed E-state index contributed by atoms with van der Waals surface area (Å²) in [5.74, 6) is 0.129. The van der Waals surface area contributed by atoms with Crippen LogP contribution in [-0.2, 0) is 6.42 Å². The van der Waals surface area contributed by atoms with E-state index in [0.717, 1.165) is 21.3 Å². The molecular weight excluding hydrogens is 270 g/mol. The molecule has 20 heavy (non-hydrogen) atoms. The Morgan fingerprint density at radius 1 is 1.40 bits per heavy atom. The number of carbonyl (C=O) groups excluding carboxylic acids is 1. The van der Waals surface area contributed by atoms with E-state index >= 15 is 0 Å². The largest absolute Gasteiger partial charge is 0.293 e. The van der Waals surface area contributed by atoms with E-state index in [1.165, 1.54) is 37.0 Å². The first-order valence-electron chi connectivity index (χ1n) is 7.15. The molecular formula is C15H19N3OS. The molecule has 2 heterocycles. The van der Waals surface area contributed by atoms with Crippen LogP contribution in [0.25, 0.3) is 0 Å². The molecule has 1 saturated carbocycles. The first-order chi connectivity index (χ1) is 9.63. The van der Waals surface area contributed by atoms with Crippen LogP contribution >= 0.6 is 11.3 Å². The van der Waals surface area contributed by atoms with Crippen molar-refractivity contribution in [2.45, 2.75) is 52.0 Å². The van der Waals surface area contributed by atoms with E-state index < -0.39 is 0 Å². The number of ketones is 1. The molecule has 1 aliphatic carbocycles. The van der Waals surface area contributed by atoms with Crippen LogP contribution in [0.5, 0.6) is 0 Å². The number of Topliss-reactive ketones (excluding diaryl/α,β-unsaturated/α-hetero) is 1. The Balaban J connectivity index is 1.71. The molecule has 0 radical (unpaired) electrons. The lowest BCUT2D eigenvalue weighted by atomic mass is 10.2. The Labute approximate surface area is 122 Å². The van der Waals surface area contributed by atoms with Gasteiger partial charge in [-0.2, -0.15) is 5.10 Å². The highest BCUT2D eigenvalue weighted by molar-refractivity contribution is 7.13. The van der Waals surface area contributed by atoms with Crippen molar-refractivity contribution in [2.75, 3.05) is 0 Å². The second-order valence-electron chi connectivity index (χ2n) is 5.47. The zero-order chi connectivity index (χ0) is 14.1. The van der Waals surface area contributed by atoms with Crippen LogP contribution in [0.1, 0.15) is 57.8 Å². The molecule has 1 fully saturated rings. The Kier molecular flexibility index (Phi) is 3.70. The summed E-state index contributed by atoms with van der Waals surface area (Å²) in [5.41, 5.74) is 1.71. The molecule has 2 aromatic heterocycles. The maximum absolute atomic E-state index is 12.3. The Bertz CT molecular complexity index is 623. The summed E-state index contributed by atoms with van der Waals surface area (Å²) in [6, 6.07) is 2.51. The zero-order valence-corrected chi connectivity index (χ0v) is 12.7. The van der Waals surface area contributed by atoms with E-state index in [1.807, 2.05) is 30.8 Å². The summed E-state index contributed by atoms with van der Waals surface area (Å²) in [5, 5.41) is 5.52. The maximum atomic E-state index is 12.3. The highest BCUT2D eigenvalue weighted by Gasteiger charge is 2.19. The van der Waals surface area contributed by atoms with E-state index in [9.17, 15) is 4.79 Å². The van der Waals surface area contributed by atoms with Gasteiger partial charge in [-0.15, -0.1) is 11.3 Å². The number of aryl methyl sites for hydroxylation is 2. The van der Waals surface area contributed by atoms with Gasteiger partial charge in [0, 0.05) is 6.20 Å². The van der Waals surface area contributed by atoms with E-state index in [-0.39, 0.29) is 5.78 Å². The predicted octanol–water partition coefficient (Wildman–Crippen LogP) is 3.50. The van der Waals surface area contributed by atoms with Gasteiger partial charge in [0.25, 0.3) is 0 Å². The maximum Gasteiger partial charge on any atom is 0.180 e. The third-order valence-corrected chi connectivity index (χ3v) is 4.97. The summed E-state index contributed by atoms with van der Waals surface area (Å²) < 4.78 is 2.04. The Morgan fingerprint density at radius 3 is 2.80 bits per heavy atom. The van der Waals surface area contributed by atoms with Gasteiger partial charge in [0.2, 0.25) is 0 Å². The van der Waals surface area contributed by atoms with E-state index in [2.05, 4.69) is 10.1 Å². The standard InChI is InChI=1S/C15H19N3OS/c1-10-15(20-11(2)16-10)14(19)9-12-7-8-18(17-12)13-5-3-4-6-13/h7-8,13H,3-6,9H2,1-2H3. The van der Waals surface area contributed by atoms with Crippen LogP contribution < -0.4 is 0 Å². The topological polar surface area (TPSA) is 47.8 Å². The van der Waals surface area contributed by atoms with Crippen molar-refractivity contribution in [3.8, 4) is 0 Å². The van der Waals surface area contributed by atoms with Crippen molar-refractivity contribution in [3.63, 3.8) is 0 Å². The first-order valence-corrected chi connectivity index (χ1v) is 7.96. The molecule has 0 spiro atoms. The van der Waals surface area contributed by atoms with Crippen LogP contribution in [0.2, 0.25) is 0 Å². The average molecular weight is 289 g/mol. The van der Waals surface area contributed by atoms with Crippen molar-refractivity contribution >= 4 is 17.1 Å². The summed E-state index contributed by atoms with van der Waals surface area (Å²) in [7, 11) is 0. The van der Waals surface area contributed by atoms with Gasteiger partial charge in [-0.1, -0.05) is 12.8 Å². The molecule has 0 saturated heterocycles. The minimum atomic E-state index is 0.129. The van der Waals surface area contributed by atoms with Crippen molar-refractivity contribution in [3.05, 3.63) is 33.5 Å². The third-order valence-electron chi connectivity index (χ3n) is 3.86. The summed E-state index contributed by atoms with van der Waals surface area (Å²) in [6.45, 7) is 3.83. The molecule has 5 heteroatoms. The molecule has 2 aromatic rings. The number of aromatic nitrogens is 3. The molecule has 4 nitrogen and oxygen atoms in total. The SMILES string of the molecule is Cc1nc(C)c(C(=O)Cc2ccn(C3CCCC3)n2)s1. The van der Waals surface area contributed by atoms with Gasteiger partial charge in [-0.05, 0) is 32.8 Å². The first kappa shape index (κ1) is 13.5. The monoisotopic (exact) mass is 289 g/mol. The lowest BCUT2D eigenvalue weighted by Crippen LogP contribution is -2.08. The molecule has 0 bridgehead atoms. The van der Waals surface area contributed by atoms with Gasteiger partial charge in [0.15, 0.2) is 5.78 Å². The van der Waals surface area contributed by atoms with Crippen LogP contribution in [0.3, 0.4) is 0 Å². The second kappa shape index (κ2) is 5.48. The third kappa shape index (κ3) is 2.68. The second-order valence-corrected chi connectivity index (χ2v) is 6.68. The molecule has 0 N–H and O–H groups in total. The van der Waals surface area contributed by atoms with Crippen LogP contribution in [0, 0.1) is 13.8 Å². The fourth-order valence-electron chi connectivity index (χ4n) is 2.88. The Hall–Kier alpha value is -1.49. The molecule has 0 aromatic carbocycles. The van der Waals surface area contributed by atoms with Crippen LogP contribution in [0.4, 0.5) is 0 Å². The number of thiazole rings is 1. The molecule has 0 amide bonds. The van der Waals surface area contributed by atoms with Crippen molar-refractivity contribution in [1.82, 2.24) is 14.8 Å². The highest BCUT2D eigenvalue weighted by Crippen LogP contribution is 2.29. The lowest BCUT2D eigenvalue weighted by molar-refractivity contribution is 0.0995. The summed E-state index contributed by atoms with van der Waals surface area (Å²) >= 11 is 1.48. The van der Waals surface area contributed by atoms with E-state index in [4.69, 9.17) is 0 Å². The van der Waals surface area contributed by atoms with Crippen molar-refractivity contribution in [2.24, 2.45) is 0 Å². The minimum Gasteiger partial charge on any atom is -0.293 e. The summed E-state index contributed by atoms with van der Waals surface area (Å²) in [4.78, 5) is 17.4. The van der Waals surface area contributed by atoms with E-state index in [0.29, 0.717) is 12.5 Å². The van der Waals surface area contributed by atoms with Gasteiger partial charge in [-0.25, -0.2) is 4.98 Å². The van der Waals surface area contributed by atoms with Gasteiger partial charge < -0.3 is 0 Å². The lowest BCUT2D eigenvalue weighted by Gasteiger charge is -2.08. The fraction of sp³-hybridized carbons (Fsp3) is 0.533. The number of nitrogens with zero attached hydrogens (tertiary/aromatic N) is 3. The molecule has 0 aliphatic heterocycles. The van der Waals surface area contributed by atoms with Gasteiger partial charge in [-0.3, -0.25) is 9.48 Å². The van der Waals surface area contributed by atoms with Crippen molar-refractivity contribution in [1.29, 1.82) is 0 Å². The minimum absolute atomic E-state index is 0.129. The van der Waals surface area contributed by atoms with Gasteiger partial charge in [0.1, 0.15) is 0 Å². The number of hydrogen-bond donors (Lipinski definition) is 0. The highest BCUT2D eigenvalue weighted by atomic mass is 32.1. The molecule has 3 rings (SSSR count).